The van der Waals surface area contributed by atoms with E-state index in [1.807, 2.05) is 6.07 Å². The smallest absolute Gasteiger partial charge is 0.235 e. The summed E-state index contributed by atoms with van der Waals surface area (Å²) < 4.78 is 1.74. The average Bonchev–Trinajstić information content (AvgIpc) is 3.03. The zero-order chi connectivity index (χ0) is 14.5. The predicted molar refractivity (Wildman–Crippen MR) is 77.5 cm³/mol. The average molecular weight is 308 g/mol. The molecule has 6 nitrogen and oxygen atoms in total. The lowest BCUT2D eigenvalue weighted by Crippen LogP contribution is -2.14. The van der Waals surface area contributed by atoms with Gasteiger partial charge in [-0.25, -0.2) is 4.98 Å². The number of amides is 1. The molecule has 2 rings (SSSR count). The lowest BCUT2D eigenvalue weighted by atomic mass is 10.3. The van der Waals surface area contributed by atoms with Crippen LogP contribution in [-0.4, -0.2) is 26.3 Å². The zero-order valence-corrected chi connectivity index (χ0v) is 12.3. The lowest BCUT2D eigenvalue weighted by molar-refractivity contribution is -0.113. The molecular formula is C12H12N4O2S2. The molecule has 0 fully saturated rings. The number of anilines is 1. The van der Waals surface area contributed by atoms with Gasteiger partial charge in [0.1, 0.15) is 11.1 Å². The fourth-order valence-corrected chi connectivity index (χ4v) is 3.02. The number of nitriles is 1. The van der Waals surface area contributed by atoms with Crippen molar-refractivity contribution in [2.24, 2.45) is 7.05 Å². The lowest BCUT2D eigenvalue weighted by Gasteiger charge is -2.04. The fourth-order valence-electron chi connectivity index (χ4n) is 1.49. The molecule has 1 amide bonds. The highest BCUT2D eigenvalue weighted by Gasteiger charge is 2.11. The molecule has 8 heteroatoms. The van der Waals surface area contributed by atoms with E-state index in [1.165, 1.54) is 23.1 Å². The van der Waals surface area contributed by atoms with Crippen molar-refractivity contribution in [3.63, 3.8) is 0 Å². The highest BCUT2D eigenvalue weighted by Crippen LogP contribution is 2.23. The highest BCUT2D eigenvalue weighted by atomic mass is 32.2. The number of hydrogen-bond acceptors (Lipinski definition) is 6. The van der Waals surface area contributed by atoms with E-state index in [0.29, 0.717) is 21.4 Å². The summed E-state index contributed by atoms with van der Waals surface area (Å²) in [5, 5.41) is 23.6. The Morgan fingerprint density at radius 2 is 2.50 bits per heavy atom. The molecule has 2 aromatic heterocycles. The first-order valence-corrected chi connectivity index (χ1v) is 7.54. The second-order valence-corrected chi connectivity index (χ2v) is 5.72. The fraction of sp³-hybridized carbons (Fsp3) is 0.250. The number of hydrogen-bond donors (Lipinski definition) is 2. The molecule has 0 unspecified atom stereocenters. The van der Waals surface area contributed by atoms with Gasteiger partial charge in [-0.1, -0.05) is 11.8 Å². The van der Waals surface area contributed by atoms with E-state index >= 15 is 0 Å². The summed E-state index contributed by atoms with van der Waals surface area (Å²) in [5.74, 6) is 0.000816. The van der Waals surface area contributed by atoms with Crippen LogP contribution in [0.4, 0.5) is 5.00 Å². The summed E-state index contributed by atoms with van der Waals surface area (Å²) >= 11 is 2.59. The van der Waals surface area contributed by atoms with Crippen molar-refractivity contribution < 1.29 is 9.90 Å². The van der Waals surface area contributed by atoms with Crippen LogP contribution >= 0.6 is 23.1 Å². The van der Waals surface area contributed by atoms with Crippen LogP contribution in [0, 0.1) is 11.3 Å². The standard InChI is InChI=1S/C12H12N4O2S2/c1-16-9(6-17)5-14-12(16)20-7-10(18)15-11-8(4-13)2-3-19-11/h2-3,5,17H,6-7H2,1H3,(H,15,18). The van der Waals surface area contributed by atoms with Gasteiger partial charge in [-0.3, -0.25) is 4.79 Å². The van der Waals surface area contributed by atoms with E-state index in [0.717, 1.165) is 0 Å². The van der Waals surface area contributed by atoms with Crippen molar-refractivity contribution in [3.8, 4) is 6.07 Å². The van der Waals surface area contributed by atoms with E-state index in [2.05, 4.69) is 10.3 Å². The SMILES string of the molecule is Cn1c(CO)cnc1SCC(=O)Nc1sccc1C#N. The topological polar surface area (TPSA) is 90.9 Å². The van der Waals surface area contributed by atoms with Gasteiger partial charge in [-0.05, 0) is 11.4 Å². The van der Waals surface area contributed by atoms with Crippen LogP contribution in [0.3, 0.4) is 0 Å². The molecule has 0 spiro atoms. The van der Waals surface area contributed by atoms with Crippen LogP contribution in [0.15, 0.2) is 22.8 Å². The molecule has 0 atom stereocenters. The molecule has 0 radical (unpaired) electrons. The summed E-state index contributed by atoms with van der Waals surface area (Å²) in [4.78, 5) is 15.9. The van der Waals surface area contributed by atoms with Gasteiger partial charge in [0.2, 0.25) is 5.91 Å². The number of thiophene rings is 1. The number of aromatic nitrogens is 2. The van der Waals surface area contributed by atoms with Gasteiger partial charge in [-0.2, -0.15) is 5.26 Å². The number of aliphatic hydroxyl groups excluding tert-OH is 1. The Balaban J connectivity index is 1.92. The minimum atomic E-state index is -0.192. The summed E-state index contributed by atoms with van der Waals surface area (Å²) in [6.07, 6.45) is 1.58. The molecule has 0 saturated carbocycles. The van der Waals surface area contributed by atoms with Gasteiger partial charge in [0.15, 0.2) is 5.16 Å². The molecule has 2 heterocycles. The number of rotatable bonds is 5. The van der Waals surface area contributed by atoms with Crippen molar-refractivity contribution in [1.82, 2.24) is 9.55 Å². The maximum atomic E-state index is 11.8. The molecule has 0 aliphatic heterocycles. The monoisotopic (exact) mass is 308 g/mol. The number of nitrogens with zero attached hydrogens (tertiary/aromatic N) is 3. The van der Waals surface area contributed by atoms with Gasteiger partial charge >= 0.3 is 0 Å². The van der Waals surface area contributed by atoms with Crippen LogP contribution in [0.25, 0.3) is 0 Å². The summed E-state index contributed by atoms with van der Waals surface area (Å²) in [7, 11) is 1.78. The Morgan fingerprint density at radius 3 is 3.15 bits per heavy atom. The largest absolute Gasteiger partial charge is 0.390 e. The van der Waals surface area contributed by atoms with Gasteiger partial charge < -0.3 is 15.0 Å². The first-order chi connectivity index (χ1) is 9.65. The van der Waals surface area contributed by atoms with Crippen molar-refractivity contribution in [2.45, 2.75) is 11.8 Å². The first kappa shape index (κ1) is 14.6. The van der Waals surface area contributed by atoms with E-state index in [9.17, 15) is 4.79 Å². The molecule has 0 aliphatic rings. The second kappa shape index (κ2) is 6.56. The minimum Gasteiger partial charge on any atom is -0.390 e. The quantitative estimate of drug-likeness (QED) is 0.818. The molecular weight excluding hydrogens is 296 g/mol. The Kier molecular flexibility index (Phi) is 4.79. The molecule has 2 N–H and O–H groups in total. The van der Waals surface area contributed by atoms with E-state index < -0.39 is 0 Å². The van der Waals surface area contributed by atoms with Crippen molar-refractivity contribution in [2.75, 3.05) is 11.1 Å². The summed E-state index contributed by atoms with van der Waals surface area (Å²) in [5.41, 5.74) is 1.16. The van der Waals surface area contributed by atoms with Gasteiger partial charge in [0, 0.05) is 7.05 Å². The molecule has 0 aliphatic carbocycles. The van der Waals surface area contributed by atoms with Crippen LogP contribution in [0.5, 0.6) is 0 Å². The predicted octanol–water partition coefficient (Wildman–Crippen LogP) is 1.58. The van der Waals surface area contributed by atoms with Gasteiger partial charge in [0.05, 0.1) is 29.8 Å². The Bertz CT molecular complexity index is 657. The number of carbonyl (C=O) groups excluding carboxylic acids is 1. The van der Waals surface area contributed by atoms with Crippen LogP contribution < -0.4 is 5.32 Å². The molecule has 2 aromatic rings. The Labute approximate surface area is 124 Å². The van der Waals surface area contributed by atoms with Crippen molar-refractivity contribution in [3.05, 3.63) is 28.9 Å². The number of thioether (sulfide) groups is 1. The van der Waals surface area contributed by atoms with Crippen LogP contribution in [0.1, 0.15) is 11.3 Å². The first-order valence-electron chi connectivity index (χ1n) is 5.67. The molecule has 0 bridgehead atoms. The zero-order valence-electron chi connectivity index (χ0n) is 10.7. The molecule has 0 aromatic carbocycles. The third kappa shape index (κ3) is 3.19. The van der Waals surface area contributed by atoms with Gasteiger partial charge in [-0.15, -0.1) is 11.3 Å². The third-order valence-electron chi connectivity index (χ3n) is 2.57. The molecule has 20 heavy (non-hydrogen) atoms. The van der Waals surface area contributed by atoms with E-state index in [4.69, 9.17) is 10.4 Å². The second-order valence-electron chi connectivity index (χ2n) is 3.86. The maximum Gasteiger partial charge on any atom is 0.235 e. The molecule has 104 valence electrons. The number of imidazole rings is 1. The van der Waals surface area contributed by atoms with Crippen LogP contribution in [0.2, 0.25) is 0 Å². The number of carbonyl (C=O) groups is 1. The number of aliphatic hydroxyl groups is 1. The van der Waals surface area contributed by atoms with Gasteiger partial charge in [0.25, 0.3) is 0 Å². The highest BCUT2D eigenvalue weighted by molar-refractivity contribution is 7.99. The third-order valence-corrected chi connectivity index (χ3v) is 4.45. The summed E-state index contributed by atoms with van der Waals surface area (Å²) in [6.45, 7) is -0.0863. The maximum absolute atomic E-state index is 11.8. The van der Waals surface area contributed by atoms with Crippen molar-refractivity contribution in [1.29, 1.82) is 5.26 Å². The molecule has 0 saturated heterocycles. The minimum absolute atomic E-state index is 0.0863. The van der Waals surface area contributed by atoms with E-state index in [-0.39, 0.29) is 18.3 Å². The summed E-state index contributed by atoms with van der Waals surface area (Å²) in [6, 6.07) is 3.69. The number of nitrogens with one attached hydrogen (secondary N) is 1. The van der Waals surface area contributed by atoms with Crippen molar-refractivity contribution >= 4 is 34.0 Å². The van der Waals surface area contributed by atoms with Crippen LogP contribution in [-0.2, 0) is 18.4 Å². The normalized spacial score (nSPS) is 10.2. The Hall–Kier alpha value is -1.82. The Morgan fingerprint density at radius 1 is 1.70 bits per heavy atom. The van der Waals surface area contributed by atoms with E-state index in [1.54, 1.807) is 29.3 Å².